The van der Waals surface area contributed by atoms with E-state index in [0.717, 1.165) is 27.7 Å². The Hall–Kier alpha value is -11.4. The smallest absolute Gasteiger partial charge is 0.410 e. The molecule has 596 valence electrons. The van der Waals surface area contributed by atoms with Gasteiger partial charge in [-0.3, -0.25) is 24.0 Å². The SMILES string of the molecule is COc1ccc(CO[C@H](C(=O)N[C@H]2[C@H](O)[C@@H](O[C@@H]3O[C@H](COC(C)=O)[C@@H](O[C@H]4O[C@@H](CN=[N+]=[N-])[C@@H](OC(C)=O)[C@H](OC(C)=O)[C@H]4N=[N+]=[N-])[C@H]3OC(C)=O)[C@H](O[C@H]3O[C@H](CN(Cc4ccccc4)C(=O)OCc4ccccc4)CC[C@H]3N=[N+]=[N-])[C@@H](NC(=O)OCc3ccccc3)[C@@H]2OCc2ccccc2)[C@H](F)CN=[N+]=[N-])cc1. The number of carbonyl (C=O) groups excluding carboxylic acids is 7. The Morgan fingerprint density at radius 1 is 0.545 bits per heavy atom. The molecule has 0 unspecified atom stereocenters. The molecule has 1 aliphatic carbocycles. The lowest BCUT2D eigenvalue weighted by molar-refractivity contribution is -0.302. The van der Waals surface area contributed by atoms with Gasteiger partial charge in [-0.25, -0.2) is 14.0 Å². The molecule has 39 heteroatoms. The number of methoxy groups -OCH3 is 1. The zero-order valence-corrected chi connectivity index (χ0v) is 61.3. The van der Waals surface area contributed by atoms with Crippen molar-refractivity contribution in [3.05, 3.63) is 215 Å². The van der Waals surface area contributed by atoms with Crippen molar-refractivity contribution in [1.82, 2.24) is 15.5 Å². The van der Waals surface area contributed by atoms with E-state index in [2.05, 4.69) is 50.7 Å². The van der Waals surface area contributed by atoms with Crippen molar-refractivity contribution in [2.45, 2.75) is 196 Å². The number of halogens is 1. The van der Waals surface area contributed by atoms with Crippen LogP contribution in [0.15, 0.2) is 166 Å². The van der Waals surface area contributed by atoms with Crippen molar-refractivity contribution in [3.63, 3.8) is 0 Å². The maximum atomic E-state index is 16.9. The molecule has 4 aliphatic rings. The fourth-order valence-corrected chi connectivity index (χ4v) is 13.0. The number of hydrogen-bond acceptors (Lipinski definition) is 27. The number of aliphatic hydroxyl groups is 1. The van der Waals surface area contributed by atoms with Gasteiger partial charge in [-0.1, -0.05) is 154 Å². The number of amides is 3. The molecule has 5 aromatic carbocycles. The van der Waals surface area contributed by atoms with E-state index in [4.69, 9.17) is 71.1 Å². The highest BCUT2D eigenvalue weighted by Gasteiger charge is 2.60. The Labute approximate surface area is 640 Å². The molecule has 9 rings (SSSR count). The molecule has 3 saturated heterocycles. The maximum absolute atomic E-state index is 16.9. The Bertz CT molecular complexity index is 4140. The van der Waals surface area contributed by atoms with E-state index in [-0.39, 0.29) is 39.1 Å². The van der Waals surface area contributed by atoms with Crippen molar-refractivity contribution in [2.24, 2.45) is 20.5 Å². The number of azide groups is 4. The number of nitrogens with one attached hydrogen (secondary N) is 2. The van der Waals surface area contributed by atoms with Gasteiger partial charge in [0.2, 0.25) is 0 Å². The molecule has 0 spiro atoms. The first-order valence-corrected chi connectivity index (χ1v) is 35.3. The van der Waals surface area contributed by atoms with Gasteiger partial charge in [-0.05, 0) is 74.9 Å². The Morgan fingerprint density at radius 3 is 1.69 bits per heavy atom. The number of aliphatic hydroxyl groups excluding tert-OH is 1. The summed E-state index contributed by atoms with van der Waals surface area (Å²) in [5, 5.41) is 34.0. The van der Waals surface area contributed by atoms with Crippen LogP contribution < -0.4 is 15.4 Å². The number of esters is 4. The zero-order valence-electron chi connectivity index (χ0n) is 61.3. The van der Waals surface area contributed by atoms with Crippen LogP contribution in [0.2, 0.25) is 0 Å². The molecule has 112 heavy (non-hydrogen) atoms. The highest BCUT2D eigenvalue weighted by Crippen LogP contribution is 2.40. The first-order chi connectivity index (χ1) is 54.2. The van der Waals surface area contributed by atoms with Crippen LogP contribution in [-0.2, 0) is 123 Å². The lowest BCUT2D eigenvalue weighted by atomic mass is 9.80. The molecule has 5 aromatic rings. The molecular formula is C73H84FN15O23. The molecule has 0 radical (unpaired) electrons. The van der Waals surface area contributed by atoms with Gasteiger partial charge in [-0.2, -0.15) is 0 Å². The van der Waals surface area contributed by atoms with Crippen molar-refractivity contribution >= 4 is 42.0 Å². The molecule has 0 bridgehead atoms. The van der Waals surface area contributed by atoms with Crippen LogP contribution in [0.1, 0.15) is 68.4 Å². The maximum Gasteiger partial charge on any atom is 0.410 e. The van der Waals surface area contributed by atoms with E-state index in [1.54, 1.807) is 146 Å². The normalized spacial score (nSPS) is 26.3. The molecule has 0 aromatic heterocycles. The second kappa shape index (κ2) is 42.7. The van der Waals surface area contributed by atoms with Gasteiger partial charge in [0.05, 0.1) is 64.2 Å². The third kappa shape index (κ3) is 24.3. The lowest BCUT2D eigenvalue weighted by Crippen LogP contribution is -2.75. The van der Waals surface area contributed by atoms with Crippen LogP contribution in [0.3, 0.4) is 0 Å². The molecule has 3 N–H and O–H groups in total. The molecule has 20 atom stereocenters. The molecule has 38 nitrogen and oxygen atoms in total. The van der Waals surface area contributed by atoms with E-state index in [1.165, 1.54) is 12.0 Å². The monoisotopic (exact) mass is 1560 g/mol. The number of benzene rings is 5. The van der Waals surface area contributed by atoms with Crippen LogP contribution in [-0.4, -0.2) is 208 Å². The number of carbonyl (C=O) groups is 7. The van der Waals surface area contributed by atoms with Crippen LogP contribution in [0, 0.1) is 0 Å². The van der Waals surface area contributed by atoms with Crippen molar-refractivity contribution < 1.29 is 114 Å². The molecule has 4 fully saturated rings. The lowest BCUT2D eigenvalue weighted by Gasteiger charge is -2.51. The minimum Gasteiger partial charge on any atom is -0.497 e. The molecule has 3 heterocycles. The number of alkyl carbamates (subject to hydrolysis) is 1. The third-order valence-electron chi connectivity index (χ3n) is 18.0. The van der Waals surface area contributed by atoms with Gasteiger partial charge >= 0.3 is 36.1 Å². The summed E-state index contributed by atoms with van der Waals surface area (Å²) in [5.41, 5.74) is 42.1. The molecule has 3 aliphatic heterocycles. The highest BCUT2D eigenvalue weighted by molar-refractivity contribution is 5.82. The average Bonchev–Trinajstić information content (AvgIpc) is 1.82. The summed E-state index contributed by atoms with van der Waals surface area (Å²) in [6.07, 6.45) is -32.7. The Morgan fingerprint density at radius 2 is 1.10 bits per heavy atom. The number of ether oxygens (including phenoxy) is 15. The Balaban J connectivity index is 1.21. The van der Waals surface area contributed by atoms with Crippen molar-refractivity contribution in [1.29, 1.82) is 0 Å². The minimum atomic E-state index is -2.42. The van der Waals surface area contributed by atoms with E-state index in [1.807, 2.05) is 0 Å². The number of nitrogens with zero attached hydrogens (tertiary/aromatic N) is 13. The largest absolute Gasteiger partial charge is 0.497 e. The Kier molecular flexibility index (Phi) is 32.3. The first-order valence-electron chi connectivity index (χ1n) is 35.3. The van der Waals surface area contributed by atoms with Crippen molar-refractivity contribution in [2.75, 3.05) is 33.4 Å². The quantitative estimate of drug-likeness (QED) is 0.0111. The zero-order chi connectivity index (χ0) is 80.1. The van der Waals surface area contributed by atoms with Gasteiger partial charge in [0.1, 0.15) is 80.5 Å². The topological polar surface area (TPSA) is 501 Å². The second-order valence-corrected chi connectivity index (χ2v) is 25.9. The third-order valence-corrected chi connectivity index (χ3v) is 18.0. The van der Waals surface area contributed by atoms with Gasteiger partial charge in [-0.15, -0.1) is 0 Å². The second-order valence-electron chi connectivity index (χ2n) is 25.9. The molecule has 3 amide bonds. The van der Waals surface area contributed by atoms with Crippen LogP contribution in [0.5, 0.6) is 5.75 Å². The fraction of sp³-hybridized carbons (Fsp3) is 0.493. The number of hydrogen-bond donors (Lipinski definition) is 3. The summed E-state index contributed by atoms with van der Waals surface area (Å²) in [7, 11) is 1.44. The van der Waals surface area contributed by atoms with E-state index < -0.39 is 197 Å². The van der Waals surface area contributed by atoms with Crippen LogP contribution >= 0.6 is 0 Å². The summed E-state index contributed by atoms with van der Waals surface area (Å²) in [5.74, 6) is -4.86. The summed E-state index contributed by atoms with van der Waals surface area (Å²) in [6, 6.07) is 33.9. The number of alkyl halides is 1. The predicted molar refractivity (Wildman–Crippen MR) is 383 cm³/mol. The molecule has 1 saturated carbocycles. The van der Waals surface area contributed by atoms with Crippen LogP contribution in [0.25, 0.3) is 41.8 Å². The van der Waals surface area contributed by atoms with E-state index >= 15 is 9.18 Å². The van der Waals surface area contributed by atoms with Gasteiger partial charge < -0.3 is 91.7 Å². The summed E-state index contributed by atoms with van der Waals surface area (Å²) >= 11 is 0. The van der Waals surface area contributed by atoms with Gasteiger partial charge in [0.25, 0.3) is 5.91 Å². The van der Waals surface area contributed by atoms with E-state index in [9.17, 15) is 56.0 Å². The van der Waals surface area contributed by atoms with E-state index in [0.29, 0.717) is 33.6 Å². The molecular weight excluding hydrogens is 1470 g/mol. The predicted octanol–water partition coefficient (Wildman–Crippen LogP) is 8.94. The minimum absolute atomic E-state index is 0.0118. The fourth-order valence-electron chi connectivity index (χ4n) is 13.0. The number of rotatable bonds is 36. The first kappa shape index (κ1) is 84.6. The van der Waals surface area contributed by atoms with Crippen LogP contribution in [0.4, 0.5) is 14.0 Å². The standard InChI is InChI=1S/C73H84FN15O23/c1-41(90)99-40-55-62(110-70-58(84-88-78)65(105-43(3)92)61(104-42(2)91)54(108-70)33-80-86-76)67(106-44(4)93)71(109-55)112-66-59(94)56(81-68(95)60(52(74)32-79-85-75)100-37-49-26-28-50(98-5)29-27-49)63(101-36-46-20-12-7-13-21-46)57(82-72(96)102-38-47-22-14-8-15-23-47)64(66)111-69-53(83-87-77)31-30-51(107-69)35-89(34-45-18-10-6-11-19-45)73(97)103-39-48-24-16-9-17-25-48/h6-29,51-67,69-71,94H,30-40H2,1-5H3,(H,81,95)(H,82,96)/t51-,52+,53+,54-,55+,56-,57-,58+,59-,60-,61+,62+,63+,64+,65+,66+,67+,69+,70+,71-/m0/s1. The van der Waals surface area contributed by atoms with Crippen molar-refractivity contribution in [3.8, 4) is 5.75 Å². The average molecular weight is 1560 g/mol. The summed E-state index contributed by atoms with van der Waals surface area (Å²) < 4.78 is 110. The summed E-state index contributed by atoms with van der Waals surface area (Å²) in [6.45, 7) is -0.0696. The van der Waals surface area contributed by atoms with Gasteiger partial charge in [0, 0.05) is 53.9 Å². The highest BCUT2D eigenvalue weighted by atomic mass is 19.1. The summed E-state index contributed by atoms with van der Waals surface area (Å²) in [4.78, 5) is 110. The van der Waals surface area contributed by atoms with Gasteiger partial charge in [0.15, 0.2) is 43.3 Å².